The van der Waals surface area contributed by atoms with Gasteiger partial charge in [-0.2, -0.15) is 0 Å². The van der Waals surface area contributed by atoms with E-state index >= 15 is 0 Å². The SMILES string of the molecule is CCc1ccccc1-n1c(=O)n(CC)c(=O)c2c(Nc3ccc(Cl)cc3)cc(=O)n(C)c21. The smallest absolute Gasteiger partial charge is 0.337 e. The monoisotopic (exact) mass is 450 g/mol. The number of nitrogens with zero attached hydrogens (tertiary/aromatic N) is 3. The van der Waals surface area contributed by atoms with Crippen molar-refractivity contribution >= 4 is 34.0 Å². The Morgan fingerprint density at radius 1 is 0.969 bits per heavy atom. The maximum Gasteiger partial charge on any atom is 0.337 e. The second kappa shape index (κ2) is 8.51. The highest BCUT2D eigenvalue weighted by atomic mass is 35.5. The van der Waals surface area contributed by atoms with E-state index in [-0.39, 0.29) is 23.1 Å². The van der Waals surface area contributed by atoms with Crippen molar-refractivity contribution < 1.29 is 0 Å². The summed E-state index contributed by atoms with van der Waals surface area (Å²) in [5, 5.41) is 3.99. The summed E-state index contributed by atoms with van der Waals surface area (Å²) in [6.45, 7) is 3.94. The molecular weight excluding hydrogens is 428 g/mol. The molecule has 0 aliphatic rings. The van der Waals surface area contributed by atoms with Crippen LogP contribution >= 0.6 is 11.6 Å². The molecule has 0 fully saturated rings. The molecule has 164 valence electrons. The van der Waals surface area contributed by atoms with Crippen LogP contribution in [0.1, 0.15) is 19.4 Å². The molecule has 4 aromatic rings. The number of para-hydroxylation sites is 1. The van der Waals surface area contributed by atoms with Crippen molar-refractivity contribution in [2.24, 2.45) is 7.05 Å². The van der Waals surface area contributed by atoms with Gasteiger partial charge in [-0.15, -0.1) is 0 Å². The molecule has 0 aliphatic heterocycles. The molecule has 0 atom stereocenters. The van der Waals surface area contributed by atoms with Crippen LogP contribution in [0, 0.1) is 0 Å². The average Bonchev–Trinajstić information content (AvgIpc) is 2.79. The summed E-state index contributed by atoms with van der Waals surface area (Å²) in [7, 11) is 1.57. The number of nitrogens with one attached hydrogen (secondary N) is 1. The van der Waals surface area contributed by atoms with Crippen molar-refractivity contribution in [1.82, 2.24) is 13.7 Å². The average molecular weight is 451 g/mol. The van der Waals surface area contributed by atoms with Gasteiger partial charge >= 0.3 is 5.69 Å². The molecule has 2 aromatic carbocycles. The Labute approximate surface area is 189 Å². The zero-order valence-electron chi connectivity index (χ0n) is 18.1. The van der Waals surface area contributed by atoms with E-state index in [2.05, 4.69) is 5.32 Å². The molecule has 0 radical (unpaired) electrons. The van der Waals surface area contributed by atoms with Gasteiger partial charge in [-0.25, -0.2) is 9.36 Å². The Morgan fingerprint density at radius 3 is 2.31 bits per heavy atom. The molecule has 0 saturated heterocycles. The quantitative estimate of drug-likeness (QED) is 0.501. The molecule has 32 heavy (non-hydrogen) atoms. The van der Waals surface area contributed by atoms with Crippen LogP contribution in [0.25, 0.3) is 16.7 Å². The molecule has 0 saturated carbocycles. The van der Waals surface area contributed by atoms with Gasteiger partial charge in [0.1, 0.15) is 11.0 Å². The maximum atomic E-state index is 13.4. The lowest BCUT2D eigenvalue weighted by atomic mass is 10.1. The zero-order valence-corrected chi connectivity index (χ0v) is 18.8. The number of fused-ring (bicyclic) bond motifs is 1. The van der Waals surface area contributed by atoms with Crippen molar-refractivity contribution in [2.45, 2.75) is 26.8 Å². The molecule has 0 unspecified atom stereocenters. The highest BCUT2D eigenvalue weighted by molar-refractivity contribution is 6.30. The molecular formula is C24H23ClN4O3. The highest BCUT2D eigenvalue weighted by Gasteiger charge is 2.21. The summed E-state index contributed by atoms with van der Waals surface area (Å²) in [6, 6.07) is 15.8. The van der Waals surface area contributed by atoms with Crippen LogP contribution in [0.2, 0.25) is 5.02 Å². The molecule has 0 amide bonds. The van der Waals surface area contributed by atoms with Gasteiger partial charge in [0.05, 0.1) is 11.4 Å². The van der Waals surface area contributed by atoms with Gasteiger partial charge in [0.2, 0.25) is 0 Å². The van der Waals surface area contributed by atoms with E-state index in [9.17, 15) is 14.4 Å². The third-order valence-electron chi connectivity index (χ3n) is 5.55. The Morgan fingerprint density at radius 2 is 1.66 bits per heavy atom. The number of pyridine rings is 1. The van der Waals surface area contributed by atoms with E-state index in [0.29, 0.717) is 28.5 Å². The minimum absolute atomic E-state index is 0.200. The lowest BCUT2D eigenvalue weighted by Gasteiger charge is -2.19. The van der Waals surface area contributed by atoms with Gasteiger partial charge < -0.3 is 5.32 Å². The van der Waals surface area contributed by atoms with Crippen LogP contribution in [-0.2, 0) is 20.0 Å². The molecule has 2 aromatic heterocycles. The first kappa shape index (κ1) is 21.6. The number of rotatable bonds is 5. The first-order valence-corrected chi connectivity index (χ1v) is 10.8. The maximum absolute atomic E-state index is 13.4. The first-order valence-electron chi connectivity index (χ1n) is 10.4. The first-order chi connectivity index (χ1) is 15.4. The van der Waals surface area contributed by atoms with Crippen LogP contribution in [-0.4, -0.2) is 13.7 Å². The van der Waals surface area contributed by atoms with E-state index in [1.54, 1.807) is 38.2 Å². The molecule has 7 nitrogen and oxygen atoms in total. The van der Waals surface area contributed by atoms with Crippen LogP contribution in [0.15, 0.2) is 69.0 Å². The number of anilines is 2. The van der Waals surface area contributed by atoms with Gasteiger partial charge in [0.25, 0.3) is 11.1 Å². The van der Waals surface area contributed by atoms with Gasteiger partial charge in [0.15, 0.2) is 0 Å². The molecule has 4 rings (SSSR count). The van der Waals surface area contributed by atoms with Crippen LogP contribution < -0.4 is 22.1 Å². The number of halogens is 1. The second-order valence-electron chi connectivity index (χ2n) is 7.44. The predicted octanol–water partition coefficient (Wildman–Crippen LogP) is 3.83. The lowest BCUT2D eigenvalue weighted by molar-refractivity contribution is 0.651. The molecule has 8 heteroatoms. The number of hydrogen-bond donors (Lipinski definition) is 1. The number of benzene rings is 2. The largest absolute Gasteiger partial charge is 0.355 e. The normalized spacial score (nSPS) is 11.1. The van der Waals surface area contributed by atoms with Crippen molar-refractivity contribution in [3.8, 4) is 5.69 Å². The summed E-state index contributed by atoms with van der Waals surface area (Å²) in [6.07, 6.45) is 0.687. The van der Waals surface area contributed by atoms with Gasteiger partial charge in [-0.05, 0) is 49.2 Å². The van der Waals surface area contributed by atoms with E-state index in [1.807, 2.05) is 31.2 Å². The Balaban J connectivity index is 2.17. The van der Waals surface area contributed by atoms with E-state index < -0.39 is 11.2 Å². The third kappa shape index (κ3) is 3.54. The van der Waals surface area contributed by atoms with Gasteiger partial charge in [0, 0.05) is 30.4 Å². The minimum atomic E-state index is -0.482. The van der Waals surface area contributed by atoms with Gasteiger partial charge in [-0.3, -0.25) is 18.7 Å². The van der Waals surface area contributed by atoms with Crippen molar-refractivity contribution in [3.05, 3.63) is 96.4 Å². The Hall–Kier alpha value is -3.58. The minimum Gasteiger partial charge on any atom is -0.355 e. The fourth-order valence-corrected chi connectivity index (χ4v) is 4.03. The van der Waals surface area contributed by atoms with Crippen molar-refractivity contribution in [2.75, 3.05) is 5.32 Å². The lowest BCUT2D eigenvalue weighted by Crippen LogP contribution is -2.41. The van der Waals surface area contributed by atoms with Crippen molar-refractivity contribution in [3.63, 3.8) is 0 Å². The van der Waals surface area contributed by atoms with Crippen LogP contribution in [0.5, 0.6) is 0 Å². The standard InChI is InChI=1S/C24H23ClN4O3/c1-4-15-8-6-7-9-19(15)29-22-21(23(31)28(5-2)24(29)32)18(14-20(30)27(22)3)26-17-12-10-16(25)11-13-17/h6-14,26H,4-5H2,1-3H3. The van der Waals surface area contributed by atoms with Crippen molar-refractivity contribution in [1.29, 1.82) is 0 Å². The molecule has 0 bridgehead atoms. The zero-order chi connectivity index (χ0) is 23.0. The Kier molecular flexibility index (Phi) is 5.76. The Bertz CT molecular complexity index is 1500. The third-order valence-corrected chi connectivity index (χ3v) is 5.81. The van der Waals surface area contributed by atoms with Gasteiger partial charge in [-0.1, -0.05) is 36.7 Å². The topological polar surface area (TPSA) is 78.0 Å². The summed E-state index contributed by atoms with van der Waals surface area (Å²) in [5.41, 5.74) is 1.54. The fourth-order valence-electron chi connectivity index (χ4n) is 3.90. The highest BCUT2D eigenvalue weighted by Crippen LogP contribution is 2.25. The summed E-state index contributed by atoms with van der Waals surface area (Å²) in [4.78, 5) is 39.8. The number of aryl methyl sites for hydroxylation is 2. The number of hydrogen-bond acceptors (Lipinski definition) is 4. The summed E-state index contributed by atoms with van der Waals surface area (Å²) >= 11 is 5.98. The van der Waals surface area contributed by atoms with E-state index in [0.717, 1.165) is 5.56 Å². The predicted molar refractivity (Wildman–Crippen MR) is 129 cm³/mol. The number of aromatic nitrogens is 3. The second-order valence-corrected chi connectivity index (χ2v) is 7.87. The van der Waals surface area contributed by atoms with Crippen LogP contribution in [0.4, 0.5) is 11.4 Å². The summed E-state index contributed by atoms with van der Waals surface area (Å²) < 4.78 is 4.00. The molecule has 1 N–H and O–H groups in total. The molecule has 2 heterocycles. The molecule has 0 aliphatic carbocycles. The molecule has 0 spiro atoms. The van der Waals surface area contributed by atoms with E-state index in [4.69, 9.17) is 11.6 Å². The van der Waals surface area contributed by atoms with E-state index in [1.165, 1.54) is 19.8 Å². The van der Waals surface area contributed by atoms with Crippen LogP contribution in [0.3, 0.4) is 0 Å². The fraction of sp³-hybridized carbons (Fsp3) is 0.208. The summed E-state index contributed by atoms with van der Waals surface area (Å²) in [5.74, 6) is 0.